The standard InChI is InChI=1S/C26H29NO4S/c1-16-12-18(8-10-21(28)19-9-11-22-20(14-19)27-15-32-22)13-17(2)23(16)30-26(6,7)24(29)31-25(3,4)5/h8-15H,1-7H3/b10-8+. The molecule has 0 saturated heterocycles. The maximum absolute atomic E-state index is 12.6. The lowest BCUT2D eigenvalue weighted by Gasteiger charge is -2.30. The second-order valence-corrected chi connectivity index (χ2v) is 10.2. The Balaban J connectivity index is 1.77. The maximum atomic E-state index is 12.6. The Morgan fingerprint density at radius 2 is 1.66 bits per heavy atom. The molecule has 0 fully saturated rings. The van der Waals surface area contributed by atoms with Crippen LogP contribution in [0.1, 0.15) is 61.7 Å². The Labute approximate surface area is 193 Å². The Morgan fingerprint density at radius 3 is 2.28 bits per heavy atom. The van der Waals surface area contributed by atoms with E-state index in [0.29, 0.717) is 11.3 Å². The highest BCUT2D eigenvalue weighted by Crippen LogP contribution is 2.30. The maximum Gasteiger partial charge on any atom is 0.350 e. The summed E-state index contributed by atoms with van der Waals surface area (Å²) in [6.07, 6.45) is 3.35. The number of thiazole rings is 1. The predicted molar refractivity (Wildman–Crippen MR) is 129 cm³/mol. The van der Waals surface area contributed by atoms with Gasteiger partial charge in [-0.25, -0.2) is 9.78 Å². The van der Waals surface area contributed by atoms with Crippen molar-refractivity contribution in [1.29, 1.82) is 0 Å². The van der Waals surface area contributed by atoms with Crippen LogP contribution in [0.25, 0.3) is 16.3 Å². The molecule has 0 aliphatic rings. The van der Waals surface area contributed by atoms with Crippen molar-refractivity contribution in [2.45, 2.75) is 59.7 Å². The van der Waals surface area contributed by atoms with Crippen molar-refractivity contribution >= 4 is 39.4 Å². The highest BCUT2D eigenvalue weighted by molar-refractivity contribution is 7.16. The highest BCUT2D eigenvalue weighted by Gasteiger charge is 2.35. The Morgan fingerprint density at radius 1 is 1.00 bits per heavy atom. The number of carbonyl (C=O) groups excluding carboxylic acids is 2. The molecule has 0 atom stereocenters. The SMILES string of the molecule is Cc1cc(/C=C/C(=O)c2ccc3scnc3c2)cc(C)c1OC(C)(C)C(=O)OC(C)(C)C. The summed E-state index contributed by atoms with van der Waals surface area (Å²) in [6.45, 7) is 12.7. The average molecular weight is 452 g/mol. The smallest absolute Gasteiger partial charge is 0.350 e. The van der Waals surface area contributed by atoms with Gasteiger partial charge in [0, 0.05) is 5.56 Å². The van der Waals surface area contributed by atoms with Gasteiger partial charge in [-0.2, -0.15) is 0 Å². The van der Waals surface area contributed by atoms with Crippen LogP contribution in [-0.4, -0.2) is 27.9 Å². The van der Waals surface area contributed by atoms with Crippen molar-refractivity contribution in [2.24, 2.45) is 0 Å². The van der Waals surface area contributed by atoms with E-state index in [0.717, 1.165) is 26.9 Å². The van der Waals surface area contributed by atoms with Gasteiger partial charge >= 0.3 is 5.97 Å². The second kappa shape index (κ2) is 8.87. The number of aryl methyl sites for hydroxylation is 2. The van der Waals surface area contributed by atoms with Crippen LogP contribution >= 0.6 is 11.3 Å². The first-order chi connectivity index (χ1) is 14.9. The van der Waals surface area contributed by atoms with Crippen LogP contribution in [0.2, 0.25) is 0 Å². The molecule has 6 heteroatoms. The molecule has 3 aromatic rings. The monoisotopic (exact) mass is 451 g/mol. The Hall–Kier alpha value is -2.99. The van der Waals surface area contributed by atoms with Gasteiger partial charge in [0.05, 0.1) is 15.7 Å². The van der Waals surface area contributed by atoms with Gasteiger partial charge in [0.25, 0.3) is 0 Å². The molecule has 0 unspecified atom stereocenters. The van der Waals surface area contributed by atoms with Crippen LogP contribution in [0.15, 0.2) is 41.9 Å². The molecule has 0 saturated carbocycles. The summed E-state index contributed by atoms with van der Waals surface area (Å²) in [5, 5.41) is 0. The molecule has 5 nitrogen and oxygen atoms in total. The molecule has 0 spiro atoms. The number of fused-ring (bicyclic) bond motifs is 1. The molecular weight excluding hydrogens is 422 g/mol. The molecule has 0 bridgehead atoms. The summed E-state index contributed by atoms with van der Waals surface area (Å²) in [7, 11) is 0. The van der Waals surface area contributed by atoms with Gasteiger partial charge < -0.3 is 9.47 Å². The Kier molecular flexibility index (Phi) is 6.56. The van der Waals surface area contributed by atoms with Gasteiger partial charge in [0.1, 0.15) is 11.4 Å². The summed E-state index contributed by atoms with van der Waals surface area (Å²) >= 11 is 1.55. The highest BCUT2D eigenvalue weighted by atomic mass is 32.1. The third-order valence-corrected chi connectivity index (χ3v) is 5.58. The van der Waals surface area contributed by atoms with Crippen molar-refractivity contribution in [3.63, 3.8) is 0 Å². The molecule has 0 aliphatic carbocycles. The molecule has 0 radical (unpaired) electrons. The number of benzene rings is 2. The molecule has 168 valence electrons. The van der Waals surface area contributed by atoms with E-state index in [9.17, 15) is 9.59 Å². The van der Waals surface area contributed by atoms with Crippen LogP contribution < -0.4 is 4.74 Å². The zero-order valence-corrected chi connectivity index (χ0v) is 20.4. The van der Waals surface area contributed by atoms with E-state index >= 15 is 0 Å². The number of aromatic nitrogens is 1. The van der Waals surface area contributed by atoms with E-state index in [1.54, 1.807) is 42.8 Å². The van der Waals surface area contributed by atoms with Gasteiger partial charge in [-0.3, -0.25) is 4.79 Å². The lowest BCUT2D eigenvalue weighted by Crippen LogP contribution is -2.43. The number of ether oxygens (including phenoxy) is 2. The molecule has 0 amide bonds. The second-order valence-electron chi connectivity index (χ2n) is 9.33. The van der Waals surface area contributed by atoms with Crippen LogP contribution in [0.5, 0.6) is 5.75 Å². The largest absolute Gasteiger partial charge is 0.476 e. The molecule has 2 aromatic carbocycles. The van der Waals surface area contributed by atoms with E-state index in [1.165, 1.54) is 0 Å². The molecular formula is C26H29NO4S. The van der Waals surface area contributed by atoms with Crippen molar-refractivity contribution in [3.05, 3.63) is 64.2 Å². The molecule has 3 rings (SSSR count). The van der Waals surface area contributed by atoms with Gasteiger partial charge in [-0.05, 0) is 102 Å². The minimum Gasteiger partial charge on any atom is -0.476 e. The topological polar surface area (TPSA) is 65.5 Å². The fourth-order valence-electron chi connectivity index (χ4n) is 3.22. The van der Waals surface area contributed by atoms with Crippen LogP contribution in [0.3, 0.4) is 0 Å². The minimum atomic E-state index is -1.13. The Bertz CT molecular complexity index is 1170. The zero-order valence-electron chi connectivity index (χ0n) is 19.6. The molecule has 1 aromatic heterocycles. The number of nitrogens with zero attached hydrogens (tertiary/aromatic N) is 1. The lowest BCUT2D eigenvalue weighted by molar-refractivity contribution is -0.171. The summed E-state index contributed by atoms with van der Waals surface area (Å²) in [6, 6.07) is 9.41. The van der Waals surface area contributed by atoms with Crippen molar-refractivity contribution in [2.75, 3.05) is 0 Å². The van der Waals surface area contributed by atoms with Gasteiger partial charge in [-0.15, -0.1) is 11.3 Å². The molecule has 0 N–H and O–H groups in total. The van der Waals surface area contributed by atoms with Crippen molar-refractivity contribution in [1.82, 2.24) is 4.98 Å². The fraction of sp³-hybridized carbons (Fsp3) is 0.346. The third kappa shape index (κ3) is 5.62. The predicted octanol–water partition coefficient (Wildman–Crippen LogP) is 6.31. The van der Waals surface area contributed by atoms with Gasteiger partial charge in [0.2, 0.25) is 0 Å². The number of rotatable bonds is 6. The van der Waals surface area contributed by atoms with E-state index in [4.69, 9.17) is 9.47 Å². The lowest BCUT2D eigenvalue weighted by atomic mass is 10.0. The van der Waals surface area contributed by atoms with Crippen molar-refractivity contribution < 1.29 is 19.1 Å². The van der Waals surface area contributed by atoms with Gasteiger partial charge in [0.15, 0.2) is 11.4 Å². The quantitative estimate of drug-likeness (QED) is 0.250. The van der Waals surface area contributed by atoms with E-state index in [-0.39, 0.29) is 5.78 Å². The first-order valence-corrected chi connectivity index (χ1v) is 11.3. The molecule has 32 heavy (non-hydrogen) atoms. The fourth-order valence-corrected chi connectivity index (χ4v) is 3.88. The van der Waals surface area contributed by atoms with Crippen LogP contribution in [0.4, 0.5) is 0 Å². The zero-order chi connectivity index (χ0) is 23.7. The number of esters is 1. The first kappa shape index (κ1) is 23.7. The summed E-state index contributed by atoms with van der Waals surface area (Å²) in [4.78, 5) is 29.4. The summed E-state index contributed by atoms with van der Waals surface area (Å²) in [5.74, 6) is 0.135. The van der Waals surface area contributed by atoms with Crippen LogP contribution in [-0.2, 0) is 9.53 Å². The number of allylic oxidation sites excluding steroid dienone is 1. The van der Waals surface area contributed by atoms with E-state index in [2.05, 4.69) is 4.98 Å². The summed E-state index contributed by atoms with van der Waals surface area (Å²) in [5.41, 5.74) is 4.11. The third-order valence-electron chi connectivity index (χ3n) is 4.77. The number of hydrogen-bond donors (Lipinski definition) is 0. The summed E-state index contributed by atoms with van der Waals surface area (Å²) < 4.78 is 12.6. The minimum absolute atomic E-state index is 0.0819. The van der Waals surface area contributed by atoms with E-state index < -0.39 is 17.2 Å². The first-order valence-electron chi connectivity index (χ1n) is 10.4. The number of hydrogen-bond acceptors (Lipinski definition) is 6. The van der Waals surface area contributed by atoms with Crippen molar-refractivity contribution in [3.8, 4) is 5.75 Å². The molecule has 0 aliphatic heterocycles. The van der Waals surface area contributed by atoms with Crippen LogP contribution in [0, 0.1) is 13.8 Å². The molecule has 1 heterocycles. The average Bonchev–Trinajstić information content (AvgIpc) is 3.15. The van der Waals surface area contributed by atoms with Gasteiger partial charge in [-0.1, -0.05) is 6.08 Å². The normalized spacial score (nSPS) is 12.3. The number of ketones is 1. The van der Waals surface area contributed by atoms with E-state index in [1.807, 2.05) is 65.0 Å². The number of carbonyl (C=O) groups is 2.